The van der Waals surface area contributed by atoms with Crippen molar-refractivity contribution in [1.29, 1.82) is 0 Å². The van der Waals surface area contributed by atoms with Gasteiger partial charge in [-0.1, -0.05) is 52.3 Å². The average molecular weight is 514 g/mol. The van der Waals surface area contributed by atoms with Gasteiger partial charge in [0, 0.05) is 16.4 Å². The molecule has 6 atom stereocenters. The highest BCUT2D eigenvalue weighted by molar-refractivity contribution is 6.07. The molecule has 0 heterocycles. The van der Waals surface area contributed by atoms with Crippen LogP contribution in [-0.4, -0.2) is 24.7 Å². The molecule has 1 amide bonds. The Balaban J connectivity index is 1.59. The second-order valence-electron chi connectivity index (χ2n) is 13.7. The second-order valence-corrected chi connectivity index (χ2v) is 13.7. The molecule has 0 spiro atoms. The average Bonchev–Trinajstić information content (AvgIpc) is 2.82. The third kappa shape index (κ3) is 3.49. The number of fused-ring (bicyclic) bond motifs is 7. The van der Waals surface area contributed by atoms with E-state index in [9.17, 15) is 18.4 Å². The molecule has 37 heavy (non-hydrogen) atoms. The lowest BCUT2D eigenvalue weighted by Gasteiger charge is -2.70. The number of nitrogens with two attached hydrogens (primary N) is 1. The molecule has 202 valence electrons. The fraction of sp³-hybridized carbons (Fsp3) is 0.677. The number of primary amides is 1. The Bertz CT molecular complexity index is 1200. The summed E-state index contributed by atoms with van der Waals surface area (Å²) in [4.78, 5) is 25.6. The van der Waals surface area contributed by atoms with E-state index in [1.54, 1.807) is 13.0 Å². The van der Waals surface area contributed by atoms with Crippen molar-refractivity contribution in [3.8, 4) is 0 Å². The zero-order valence-corrected chi connectivity index (χ0v) is 23.1. The van der Waals surface area contributed by atoms with Crippen LogP contribution in [0.4, 0.5) is 8.78 Å². The largest absolute Gasteiger partial charge is 0.483 e. The lowest BCUT2D eigenvalue weighted by atomic mass is 9.34. The third-order valence-corrected chi connectivity index (χ3v) is 11.8. The van der Waals surface area contributed by atoms with E-state index in [0.717, 1.165) is 56.1 Å². The molecule has 5 aliphatic carbocycles. The molecule has 6 heteroatoms. The molecule has 3 fully saturated rings. The summed E-state index contributed by atoms with van der Waals surface area (Å²) in [5.41, 5.74) is 9.11. The van der Waals surface area contributed by atoms with Crippen molar-refractivity contribution >= 4 is 11.7 Å². The second kappa shape index (κ2) is 8.13. The van der Waals surface area contributed by atoms with Gasteiger partial charge < -0.3 is 10.5 Å². The Kier molecular flexibility index (Phi) is 5.79. The molecule has 0 saturated heterocycles. The number of hydrogen-bond donors (Lipinski definition) is 1. The van der Waals surface area contributed by atoms with Crippen molar-refractivity contribution in [2.75, 3.05) is 6.61 Å². The molecular weight excluding hydrogens is 472 g/mol. The summed E-state index contributed by atoms with van der Waals surface area (Å²) < 4.78 is 30.9. The van der Waals surface area contributed by atoms with Gasteiger partial charge in [-0.25, -0.2) is 8.78 Å². The standard InChI is InChI=1S/C31H41F2NO3/c1-18-19-7-8-22-29(4,20(19)15-21(35)25(18)37-17-24(32)33)12-14-31(6)23-16-28(3,26(34)36)10-9-27(23,2)11-13-30(22,31)5/h7-8,15,23-24H,9-14,16-17H2,1-6H3,(H2,34,36)/t23-,27-,28-,29+,30-,31+/m1/s1. The van der Waals surface area contributed by atoms with Gasteiger partial charge in [0.1, 0.15) is 6.61 Å². The molecule has 3 saturated carbocycles. The van der Waals surface area contributed by atoms with Crippen molar-refractivity contribution in [3.63, 3.8) is 0 Å². The highest BCUT2D eigenvalue weighted by atomic mass is 19.3. The van der Waals surface area contributed by atoms with Crippen LogP contribution in [0.1, 0.15) is 86.5 Å². The zero-order chi connectivity index (χ0) is 27.2. The topological polar surface area (TPSA) is 69.4 Å². The van der Waals surface area contributed by atoms with E-state index in [1.807, 2.05) is 6.92 Å². The summed E-state index contributed by atoms with van der Waals surface area (Å²) >= 11 is 0. The number of alkyl halides is 2. The Morgan fingerprint density at radius 3 is 2.38 bits per heavy atom. The third-order valence-electron chi connectivity index (χ3n) is 11.8. The van der Waals surface area contributed by atoms with Gasteiger partial charge >= 0.3 is 0 Å². The van der Waals surface area contributed by atoms with Crippen LogP contribution < -0.4 is 5.73 Å². The number of ether oxygens (including phenoxy) is 1. The van der Waals surface area contributed by atoms with Gasteiger partial charge in [-0.3, -0.25) is 9.59 Å². The first-order chi connectivity index (χ1) is 17.1. The summed E-state index contributed by atoms with van der Waals surface area (Å²) in [6.45, 7) is 12.6. The van der Waals surface area contributed by atoms with Gasteiger partial charge in [0.2, 0.25) is 11.7 Å². The van der Waals surface area contributed by atoms with Crippen molar-refractivity contribution in [2.24, 2.45) is 38.7 Å². The van der Waals surface area contributed by atoms with Crippen LogP contribution in [0.5, 0.6) is 0 Å². The minimum Gasteiger partial charge on any atom is -0.483 e. The van der Waals surface area contributed by atoms with E-state index < -0.39 is 18.4 Å². The molecular formula is C31H41F2NO3. The van der Waals surface area contributed by atoms with E-state index in [2.05, 4.69) is 39.8 Å². The normalized spacial score (nSPS) is 43.1. The van der Waals surface area contributed by atoms with E-state index in [-0.39, 0.29) is 39.1 Å². The SMILES string of the molecule is CC1=C(OCC(F)F)C(=O)C=C2C1=CC=C1[C@@]2(C)CC[C@@]2(C)[C@@H]3C[C@](C)(C(N)=O)CC[C@]3(C)CC[C@]12C. The van der Waals surface area contributed by atoms with Crippen LogP contribution in [0.2, 0.25) is 0 Å². The maximum atomic E-state index is 13.1. The zero-order valence-electron chi connectivity index (χ0n) is 23.1. The van der Waals surface area contributed by atoms with E-state index in [0.29, 0.717) is 11.5 Å². The fourth-order valence-electron chi connectivity index (χ4n) is 9.00. The molecule has 5 rings (SSSR count). The summed E-state index contributed by atoms with van der Waals surface area (Å²) in [5.74, 6) is -0.108. The minimum absolute atomic E-state index is 0.0104. The van der Waals surface area contributed by atoms with E-state index in [1.165, 1.54) is 5.57 Å². The van der Waals surface area contributed by atoms with Crippen LogP contribution in [0.15, 0.2) is 46.3 Å². The number of rotatable bonds is 4. The molecule has 0 bridgehead atoms. The highest BCUT2D eigenvalue weighted by Crippen LogP contribution is 2.75. The Morgan fingerprint density at radius 2 is 1.73 bits per heavy atom. The van der Waals surface area contributed by atoms with Crippen LogP contribution in [0.25, 0.3) is 0 Å². The number of allylic oxidation sites excluding steroid dienone is 7. The Hall–Kier alpha value is -2.24. The number of amides is 1. The number of carbonyl (C=O) groups excluding carboxylic acids is 2. The lowest BCUT2D eigenvalue weighted by molar-refractivity contribution is -0.167. The summed E-state index contributed by atoms with van der Waals surface area (Å²) in [6.07, 6.45) is 10.1. The first-order valence-electron chi connectivity index (χ1n) is 13.7. The van der Waals surface area contributed by atoms with Crippen molar-refractivity contribution in [1.82, 2.24) is 0 Å². The van der Waals surface area contributed by atoms with Gasteiger partial charge in [-0.2, -0.15) is 0 Å². The Labute approximate surface area is 219 Å². The van der Waals surface area contributed by atoms with Gasteiger partial charge in [0.25, 0.3) is 6.43 Å². The predicted molar refractivity (Wildman–Crippen MR) is 139 cm³/mol. The molecule has 0 aromatic carbocycles. The highest BCUT2D eigenvalue weighted by Gasteiger charge is 2.67. The molecule has 2 N–H and O–H groups in total. The first kappa shape index (κ1) is 26.4. The van der Waals surface area contributed by atoms with Crippen LogP contribution >= 0.6 is 0 Å². The number of hydrogen-bond acceptors (Lipinski definition) is 3. The lowest BCUT2D eigenvalue weighted by Crippen LogP contribution is -2.62. The van der Waals surface area contributed by atoms with E-state index in [4.69, 9.17) is 10.5 Å². The van der Waals surface area contributed by atoms with Gasteiger partial charge in [-0.15, -0.1) is 0 Å². The van der Waals surface area contributed by atoms with E-state index >= 15 is 0 Å². The predicted octanol–water partition coefficient (Wildman–Crippen LogP) is 6.82. The quantitative estimate of drug-likeness (QED) is 0.448. The van der Waals surface area contributed by atoms with Crippen molar-refractivity contribution in [2.45, 2.75) is 92.9 Å². The van der Waals surface area contributed by atoms with Crippen molar-refractivity contribution < 1.29 is 23.1 Å². The summed E-state index contributed by atoms with van der Waals surface area (Å²) in [6, 6.07) is 0. The van der Waals surface area contributed by atoms with Gasteiger partial charge in [-0.05, 0) is 91.3 Å². The van der Waals surface area contributed by atoms with Crippen LogP contribution in [-0.2, 0) is 14.3 Å². The van der Waals surface area contributed by atoms with Gasteiger partial charge in [0.15, 0.2) is 5.76 Å². The molecule has 0 unspecified atom stereocenters. The Morgan fingerprint density at radius 1 is 1.05 bits per heavy atom. The van der Waals surface area contributed by atoms with Crippen molar-refractivity contribution in [3.05, 3.63) is 46.3 Å². The molecule has 4 nitrogen and oxygen atoms in total. The monoisotopic (exact) mass is 513 g/mol. The number of ketones is 1. The fourth-order valence-corrected chi connectivity index (χ4v) is 9.00. The maximum Gasteiger partial charge on any atom is 0.272 e. The first-order valence-corrected chi connectivity index (χ1v) is 13.7. The molecule has 5 aliphatic rings. The van der Waals surface area contributed by atoms with Gasteiger partial charge in [0.05, 0.1) is 0 Å². The van der Waals surface area contributed by atoms with Crippen LogP contribution in [0.3, 0.4) is 0 Å². The van der Waals surface area contributed by atoms with Crippen LogP contribution in [0, 0.1) is 33.0 Å². The maximum absolute atomic E-state index is 13.1. The smallest absolute Gasteiger partial charge is 0.272 e. The molecule has 0 radical (unpaired) electrons. The molecule has 0 aliphatic heterocycles. The minimum atomic E-state index is -2.63. The number of halogens is 2. The molecule has 0 aromatic rings. The summed E-state index contributed by atoms with van der Waals surface area (Å²) in [7, 11) is 0. The number of carbonyl (C=O) groups is 2. The summed E-state index contributed by atoms with van der Waals surface area (Å²) in [5, 5.41) is 0. The molecule has 0 aromatic heterocycles.